The molecule has 0 amide bonds. The Hall–Kier alpha value is -1.85. The SMILES string of the molecule is O=S(=O)(CCCc1ccccc1)NCCc1ccccc1O. The van der Waals surface area contributed by atoms with E-state index in [0.717, 1.165) is 17.5 Å². The Kier molecular flexibility index (Phi) is 5.98. The predicted molar refractivity (Wildman–Crippen MR) is 88.4 cm³/mol. The van der Waals surface area contributed by atoms with E-state index in [0.29, 0.717) is 19.4 Å². The summed E-state index contributed by atoms with van der Waals surface area (Å²) < 4.78 is 26.4. The molecule has 0 fully saturated rings. The topological polar surface area (TPSA) is 66.4 Å². The Bertz CT molecular complexity index is 684. The largest absolute Gasteiger partial charge is 0.508 e. The van der Waals surface area contributed by atoms with Gasteiger partial charge in [-0.1, -0.05) is 48.5 Å². The summed E-state index contributed by atoms with van der Waals surface area (Å²) >= 11 is 0. The van der Waals surface area contributed by atoms with Crippen molar-refractivity contribution >= 4 is 10.0 Å². The number of benzene rings is 2. The van der Waals surface area contributed by atoms with Crippen molar-refractivity contribution in [1.29, 1.82) is 0 Å². The first-order valence-electron chi connectivity index (χ1n) is 7.35. The van der Waals surface area contributed by atoms with Gasteiger partial charge in [0.2, 0.25) is 10.0 Å². The van der Waals surface area contributed by atoms with Crippen LogP contribution in [0.2, 0.25) is 0 Å². The highest BCUT2D eigenvalue weighted by molar-refractivity contribution is 7.89. The van der Waals surface area contributed by atoms with Crippen molar-refractivity contribution in [2.24, 2.45) is 0 Å². The molecule has 2 aromatic rings. The van der Waals surface area contributed by atoms with Gasteiger partial charge in [0.25, 0.3) is 0 Å². The van der Waals surface area contributed by atoms with E-state index < -0.39 is 10.0 Å². The molecule has 0 unspecified atom stereocenters. The van der Waals surface area contributed by atoms with Crippen LogP contribution in [-0.2, 0) is 22.9 Å². The molecule has 0 aliphatic rings. The summed E-state index contributed by atoms with van der Waals surface area (Å²) in [4.78, 5) is 0. The fourth-order valence-electron chi connectivity index (χ4n) is 2.25. The van der Waals surface area contributed by atoms with Crippen LogP contribution in [0.15, 0.2) is 54.6 Å². The van der Waals surface area contributed by atoms with Crippen LogP contribution in [0.1, 0.15) is 17.5 Å². The molecule has 0 aromatic heterocycles. The smallest absolute Gasteiger partial charge is 0.211 e. The molecule has 2 N–H and O–H groups in total. The number of sulfonamides is 1. The molecule has 0 radical (unpaired) electrons. The molecule has 22 heavy (non-hydrogen) atoms. The lowest BCUT2D eigenvalue weighted by atomic mass is 10.1. The van der Waals surface area contributed by atoms with Gasteiger partial charge in [-0.15, -0.1) is 0 Å². The Morgan fingerprint density at radius 3 is 2.32 bits per heavy atom. The summed E-state index contributed by atoms with van der Waals surface area (Å²) in [6.45, 7) is 0.297. The zero-order chi connectivity index (χ0) is 15.8. The molecule has 0 aliphatic carbocycles. The van der Waals surface area contributed by atoms with Crippen LogP contribution in [0.25, 0.3) is 0 Å². The first-order valence-corrected chi connectivity index (χ1v) is 9.00. The molecular weight excluding hydrogens is 298 g/mol. The van der Waals surface area contributed by atoms with Crippen molar-refractivity contribution in [1.82, 2.24) is 4.72 Å². The lowest BCUT2D eigenvalue weighted by Gasteiger charge is -2.08. The maximum Gasteiger partial charge on any atom is 0.211 e. The summed E-state index contributed by atoms with van der Waals surface area (Å²) in [5.74, 6) is 0.314. The minimum absolute atomic E-state index is 0.114. The zero-order valence-corrected chi connectivity index (χ0v) is 13.2. The van der Waals surface area contributed by atoms with Crippen molar-refractivity contribution in [2.45, 2.75) is 19.3 Å². The van der Waals surface area contributed by atoms with E-state index in [9.17, 15) is 13.5 Å². The highest BCUT2D eigenvalue weighted by Gasteiger charge is 2.10. The minimum atomic E-state index is -3.27. The fourth-order valence-corrected chi connectivity index (χ4v) is 3.33. The number of hydrogen-bond acceptors (Lipinski definition) is 3. The molecule has 4 nitrogen and oxygen atoms in total. The molecule has 0 spiro atoms. The molecule has 0 heterocycles. The second-order valence-electron chi connectivity index (χ2n) is 5.18. The third kappa shape index (κ3) is 5.50. The van der Waals surface area contributed by atoms with E-state index in [1.165, 1.54) is 0 Å². The summed E-state index contributed by atoms with van der Waals surface area (Å²) in [5, 5.41) is 9.63. The van der Waals surface area contributed by atoms with Gasteiger partial charge < -0.3 is 5.11 Å². The fraction of sp³-hybridized carbons (Fsp3) is 0.294. The quantitative estimate of drug-likeness (QED) is 0.785. The second-order valence-corrected chi connectivity index (χ2v) is 7.11. The summed E-state index contributed by atoms with van der Waals surface area (Å²) in [6.07, 6.45) is 1.82. The van der Waals surface area contributed by atoms with Crippen molar-refractivity contribution in [3.63, 3.8) is 0 Å². The lowest BCUT2D eigenvalue weighted by Crippen LogP contribution is -2.28. The van der Waals surface area contributed by atoms with E-state index in [2.05, 4.69) is 4.72 Å². The Morgan fingerprint density at radius 1 is 0.909 bits per heavy atom. The summed E-state index contributed by atoms with van der Waals surface area (Å²) in [6, 6.07) is 16.8. The van der Waals surface area contributed by atoms with Gasteiger partial charge in [0.15, 0.2) is 0 Å². The number of para-hydroxylation sites is 1. The Morgan fingerprint density at radius 2 is 1.59 bits per heavy atom. The molecule has 0 bridgehead atoms. The highest BCUT2D eigenvalue weighted by Crippen LogP contribution is 2.15. The average molecular weight is 319 g/mol. The van der Waals surface area contributed by atoms with Crippen molar-refractivity contribution < 1.29 is 13.5 Å². The third-order valence-electron chi connectivity index (χ3n) is 3.43. The number of phenolic OH excluding ortho intramolecular Hbond substituents is 1. The van der Waals surface area contributed by atoms with Crippen LogP contribution in [0.5, 0.6) is 5.75 Å². The molecule has 5 heteroatoms. The standard InChI is InChI=1S/C17H21NO3S/c19-17-11-5-4-10-16(17)12-13-18-22(20,21)14-6-9-15-7-2-1-3-8-15/h1-5,7-8,10-11,18-19H,6,9,12-14H2. The van der Waals surface area contributed by atoms with Crippen molar-refractivity contribution in [2.75, 3.05) is 12.3 Å². The van der Waals surface area contributed by atoms with Gasteiger partial charge >= 0.3 is 0 Å². The van der Waals surface area contributed by atoms with Crippen LogP contribution >= 0.6 is 0 Å². The van der Waals surface area contributed by atoms with Gasteiger partial charge in [0.1, 0.15) is 5.75 Å². The number of nitrogens with one attached hydrogen (secondary N) is 1. The maximum atomic E-state index is 11.9. The van der Waals surface area contributed by atoms with Gasteiger partial charge in [-0.2, -0.15) is 0 Å². The average Bonchev–Trinajstić information content (AvgIpc) is 2.50. The van der Waals surface area contributed by atoms with Crippen LogP contribution in [-0.4, -0.2) is 25.8 Å². The van der Waals surface area contributed by atoms with E-state index >= 15 is 0 Å². The highest BCUT2D eigenvalue weighted by atomic mass is 32.2. The summed E-state index contributed by atoms with van der Waals surface area (Å²) in [5.41, 5.74) is 1.89. The van der Waals surface area contributed by atoms with Gasteiger partial charge in [-0.05, 0) is 36.5 Å². The molecular formula is C17H21NO3S. The first kappa shape index (κ1) is 16.5. The molecule has 0 aliphatic heterocycles. The van der Waals surface area contributed by atoms with Crippen LogP contribution in [0, 0.1) is 0 Å². The predicted octanol–water partition coefficient (Wildman–Crippen LogP) is 2.49. The van der Waals surface area contributed by atoms with E-state index in [1.54, 1.807) is 18.2 Å². The van der Waals surface area contributed by atoms with E-state index in [-0.39, 0.29) is 11.5 Å². The first-order chi connectivity index (χ1) is 10.6. The van der Waals surface area contributed by atoms with Gasteiger partial charge in [-0.3, -0.25) is 0 Å². The van der Waals surface area contributed by atoms with Gasteiger partial charge in [0, 0.05) is 6.54 Å². The van der Waals surface area contributed by atoms with E-state index in [4.69, 9.17) is 0 Å². The maximum absolute atomic E-state index is 11.9. The molecule has 2 aromatic carbocycles. The Labute approximate surface area is 131 Å². The van der Waals surface area contributed by atoms with Crippen molar-refractivity contribution in [3.8, 4) is 5.75 Å². The molecule has 0 saturated heterocycles. The third-order valence-corrected chi connectivity index (χ3v) is 4.90. The van der Waals surface area contributed by atoms with Crippen LogP contribution in [0.3, 0.4) is 0 Å². The second kappa shape index (κ2) is 7.96. The Balaban J connectivity index is 1.73. The van der Waals surface area contributed by atoms with Crippen LogP contribution < -0.4 is 4.72 Å². The van der Waals surface area contributed by atoms with Gasteiger partial charge in [0.05, 0.1) is 5.75 Å². The molecule has 2 rings (SSSR count). The molecule has 118 valence electrons. The lowest BCUT2D eigenvalue weighted by molar-refractivity contribution is 0.467. The number of aryl methyl sites for hydroxylation is 1. The number of rotatable bonds is 8. The number of phenols is 1. The van der Waals surface area contributed by atoms with Crippen LogP contribution in [0.4, 0.5) is 0 Å². The normalized spacial score (nSPS) is 11.5. The molecule has 0 atom stereocenters. The van der Waals surface area contributed by atoms with Gasteiger partial charge in [-0.25, -0.2) is 13.1 Å². The molecule has 0 saturated carbocycles. The minimum Gasteiger partial charge on any atom is -0.508 e. The number of aromatic hydroxyl groups is 1. The zero-order valence-electron chi connectivity index (χ0n) is 12.4. The van der Waals surface area contributed by atoms with Crippen molar-refractivity contribution in [3.05, 3.63) is 65.7 Å². The summed E-state index contributed by atoms with van der Waals surface area (Å²) in [7, 11) is -3.27. The monoisotopic (exact) mass is 319 g/mol. The van der Waals surface area contributed by atoms with E-state index in [1.807, 2.05) is 36.4 Å². The number of hydrogen-bond donors (Lipinski definition) is 2.